The minimum absolute atomic E-state index is 0.00223. The SMILES string of the molecule is CC(C)c1ccccc1[C@H]1COCCN1C1CC2(CCN(c3ccc(C(=O)NS(=O)(=O)c4cc([N+](=O)[O-])c5c(n4)OC[C@H](CC4CCC(C)(O)CC4)O5)c(Oc4cnc5[nH]ccc5c4)c3)CC2)C1. The van der Waals surface area contributed by atoms with Crippen LogP contribution in [0.5, 0.6) is 23.1 Å². The van der Waals surface area contributed by atoms with Gasteiger partial charge in [0.1, 0.15) is 29.9 Å². The molecule has 18 heteroatoms. The molecule has 10 rings (SSSR count). The zero-order valence-electron chi connectivity index (χ0n) is 38.7. The van der Waals surface area contributed by atoms with Gasteiger partial charge in [0.05, 0.1) is 47.6 Å². The number of nitrogens with zero attached hydrogens (tertiary/aromatic N) is 5. The number of piperidine rings is 1. The van der Waals surface area contributed by atoms with Gasteiger partial charge in [-0.05, 0) is 117 Å². The number of carbonyl (C=O) groups excluding carboxylic acids is 1. The van der Waals surface area contributed by atoms with Crippen molar-refractivity contribution >= 4 is 38.3 Å². The van der Waals surface area contributed by atoms with Gasteiger partial charge in [-0.25, -0.2) is 9.71 Å². The second-order valence-corrected chi connectivity index (χ2v) is 21.7. The molecule has 6 heterocycles. The van der Waals surface area contributed by atoms with Gasteiger partial charge in [-0.2, -0.15) is 13.4 Å². The Labute approximate surface area is 395 Å². The molecule has 0 bridgehead atoms. The second kappa shape index (κ2) is 18.3. The molecule has 5 aromatic rings. The summed E-state index contributed by atoms with van der Waals surface area (Å²) < 4.78 is 54.1. The lowest BCUT2D eigenvalue weighted by molar-refractivity contribution is -0.386. The van der Waals surface area contributed by atoms with Crippen molar-refractivity contribution in [1.29, 1.82) is 0 Å². The Morgan fingerprint density at radius 1 is 1.04 bits per heavy atom. The number of fused-ring (bicyclic) bond motifs is 2. The number of nitrogens with one attached hydrogen (secondary N) is 2. The van der Waals surface area contributed by atoms with Crippen molar-refractivity contribution in [1.82, 2.24) is 24.6 Å². The van der Waals surface area contributed by atoms with E-state index in [1.807, 2.05) is 13.0 Å². The lowest BCUT2D eigenvalue weighted by Crippen LogP contribution is -2.58. The molecular formula is C50H59N7O10S. The van der Waals surface area contributed by atoms with Crippen molar-refractivity contribution < 1.29 is 42.2 Å². The molecule has 2 aliphatic carbocycles. The summed E-state index contributed by atoms with van der Waals surface area (Å²) in [6, 6.07) is 18.9. The zero-order chi connectivity index (χ0) is 47.4. The second-order valence-electron chi connectivity index (χ2n) is 20.1. The first kappa shape index (κ1) is 45.9. The Morgan fingerprint density at radius 2 is 1.82 bits per heavy atom. The summed E-state index contributed by atoms with van der Waals surface area (Å²) in [6.07, 6.45) is 10.4. The molecule has 3 aliphatic heterocycles. The molecule has 3 aromatic heterocycles. The Bertz CT molecular complexity index is 2810. The van der Waals surface area contributed by atoms with Crippen LogP contribution < -0.4 is 23.8 Å². The molecule has 0 radical (unpaired) electrons. The summed E-state index contributed by atoms with van der Waals surface area (Å²) in [4.78, 5) is 42.2. The summed E-state index contributed by atoms with van der Waals surface area (Å²) in [6.45, 7) is 10.3. The Morgan fingerprint density at radius 3 is 2.59 bits per heavy atom. The molecule has 17 nitrogen and oxygen atoms in total. The van der Waals surface area contributed by atoms with Gasteiger partial charge >= 0.3 is 5.69 Å². The number of hydrogen-bond donors (Lipinski definition) is 3. The molecule has 360 valence electrons. The lowest BCUT2D eigenvalue weighted by Gasteiger charge is -2.57. The van der Waals surface area contributed by atoms with Gasteiger partial charge in [-0.1, -0.05) is 38.1 Å². The number of anilines is 1. The van der Waals surface area contributed by atoms with E-state index in [1.165, 1.54) is 23.4 Å². The normalized spacial score (nSPS) is 24.2. The quantitative estimate of drug-likeness (QED) is 0.0795. The van der Waals surface area contributed by atoms with Gasteiger partial charge in [-0.3, -0.25) is 19.8 Å². The molecular weight excluding hydrogens is 891 g/mol. The molecule has 5 aliphatic rings. The number of benzene rings is 2. The van der Waals surface area contributed by atoms with Crippen LogP contribution in [0, 0.1) is 21.4 Å². The number of pyridine rings is 2. The fraction of sp³-hybridized carbons (Fsp3) is 0.500. The van der Waals surface area contributed by atoms with Crippen LogP contribution in [-0.2, 0) is 14.8 Å². The van der Waals surface area contributed by atoms with Gasteiger partial charge in [-0.15, -0.1) is 0 Å². The van der Waals surface area contributed by atoms with Crippen molar-refractivity contribution in [2.75, 3.05) is 44.4 Å². The Hall–Kier alpha value is -5.82. The van der Waals surface area contributed by atoms with Crippen LogP contribution in [0.25, 0.3) is 11.0 Å². The van der Waals surface area contributed by atoms with Gasteiger partial charge < -0.3 is 33.9 Å². The Kier molecular flexibility index (Phi) is 12.3. The summed E-state index contributed by atoms with van der Waals surface area (Å²) in [5.74, 6) is -0.560. The van der Waals surface area contributed by atoms with E-state index >= 15 is 0 Å². The fourth-order valence-corrected chi connectivity index (χ4v) is 12.1. The molecule has 4 fully saturated rings. The number of sulfonamides is 1. The molecule has 1 spiro atoms. The fourth-order valence-electron chi connectivity index (χ4n) is 11.1. The summed E-state index contributed by atoms with van der Waals surface area (Å²) in [5, 5.41) is 22.7. The third-order valence-corrected chi connectivity index (χ3v) is 16.2. The van der Waals surface area contributed by atoms with Gasteiger partial charge in [0.15, 0.2) is 5.03 Å². The molecule has 2 saturated carbocycles. The average molecular weight is 950 g/mol. The highest BCUT2D eigenvalue weighted by Gasteiger charge is 2.50. The number of hydrogen-bond acceptors (Lipinski definition) is 14. The van der Waals surface area contributed by atoms with E-state index < -0.39 is 43.3 Å². The maximum absolute atomic E-state index is 14.1. The molecule has 0 unspecified atom stereocenters. The summed E-state index contributed by atoms with van der Waals surface area (Å²) in [5.41, 5.74) is 3.01. The first-order valence-corrected chi connectivity index (χ1v) is 25.3. The smallest absolute Gasteiger partial charge is 0.319 e. The monoisotopic (exact) mass is 949 g/mol. The van der Waals surface area contributed by atoms with Crippen LogP contribution in [0.2, 0.25) is 0 Å². The van der Waals surface area contributed by atoms with Crippen LogP contribution in [0.15, 0.2) is 78.1 Å². The highest BCUT2D eigenvalue weighted by atomic mass is 32.2. The maximum Gasteiger partial charge on any atom is 0.319 e. The number of nitro groups is 1. The predicted octanol–water partition coefficient (Wildman–Crippen LogP) is 8.19. The van der Waals surface area contributed by atoms with E-state index in [9.17, 15) is 28.4 Å². The third kappa shape index (κ3) is 9.34. The van der Waals surface area contributed by atoms with E-state index in [0.717, 1.165) is 81.9 Å². The van der Waals surface area contributed by atoms with Crippen molar-refractivity contribution in [3.8, 4) is 23.1 Å². The van der Waals surface area contributed by atoms with Crippen LogP contribution in [0.1, 0.15) is 112 Å². The van der Waals surface area contributed by atoms with Crippen LogP contribution in [-0.4, -0.2) is 101 Å². The zero-order valence-corrected chi connectivity index (χ0v) is 39.5. The van der Waals surface area contributed by atoms with Crippen molar-refractivity contribution in [2.45, 2.75) is 113 Å². The number of amides is 1. The highest BCUT2D eigenvalue weighted by molar-refractivity contribution is 7.90. The summed E-state index contributed by atoms with van der Waals surface area (Å²) in [7, 11) is -4.80. The largest absolute Gasteiger partial charge is 0.476 e. The molecule has 68 heavy (non-hydrogen) atoms. The minimum atomic E-state index is -4.80. The van der Waals surface area contributed by atoms with Crippen molar-refractivity contribution in [3.05, 3.63) is 99.9 Å². The number of ether oxygens (including phenoxy) is 4. The first-order valence-electron chi connectivity index (χ1n) is 23.8. The van der Waals surface area contributed by atoms with Gasteiger partial charge in [0, 0.05) is 49.0 Å². The van der Waals surface area contributed by atoms with Gasteiger partial charge in [0.2, 0.25) is 0 Å². The van der Waals surface area contributed by atoms with E-state index in [-0.39, 0.29) is 46.9 Å². The van der Waals surface area contributed by atoms with E-state index in [2.05, 4.69) is 67.6 Å². The Balaban J connectivity index is 0.847. The molecule has 3 N–H and O–H groups in total. The number of aromatic nitrogens is 3. The maximum atomic E-state index is 14.1. The molecule has 2 saturated heterocycles. The average Bonchev–Trinajstić information content (AvgIpc) is 3.79. The number of morpholine rings is 1. The minimum Gasteiger partial charge on any atom is -0.476 e. The van der Waals surface area contributed by atoms with Crippen LogP contribution in [0.4, 0.5) is 11.4 Å². The topological polar surface area (TPSA) is 212 Å². The summed E-state index contributed by atoms with van der Waals surface area (Å²) >= 11 is 0. The number of aromatic amines is 1. The van der Waals surface area contributed by atoms with Crippen LogP contribution >= 0.6 is 0 Å². The number of aliphatic hydroxyl groups is 1. The third-order valence-electron chi connectivity index (χ3n) is 15.0. The van der Waals surface area contributed by atoms with E-state index in [4.69, 9.17) is 18.9 Å². The van der Waals surface area contributed by atoms with E-state index in [1.54, 1.807) is 24.4 Å². The van der Waals surface area contributed by atoms with Crippen molar-refractivity contribution in [2.24, 2.45) is 11.3 Å². The molecule has 2 atom stereocenters. The predicted molar refractivity (Wildman–Crippen MR) is 253 cm³/mol. The van der Waals surface area contributed by atoms with Crippen LogP contribution in [0.3, 0.4) is 0 Å². The number of carbonyl (C=O) groups is 1. The number of rotatable bonds is 12. The first-order chi connectivity index (χ1) is 32.6. The highest BCUT2D eigenvalue weighted by Crippen LogP contribution is 2.53. The molecule has 2 aromatic carbocycles. The van der Waals surface area contributed by atoms with Crippen molar-refractivity contribution in [3.63, 3.8) is 0 Å². The van der Waals surface area contributed by atoms with E-state index in [0.29, 0.717) is 49.2 Å². The van der Waals surface area contributed by atoms with Gasteiger partial charge in [0.25, 0.3) is 27.6 Å². The molecule has 1 amide bonds. The lowest BCUT2D eigenvalue weighted by atomic mass is 9.59. The standard InChI is InChI=1S/C50H59N7O10S/c1-31(2)38-6-4-5-7-39(38)42-30-64-21-20-56(42)35-26-50(27-35)15-18-55(19-16-50)34-8-9-40(43(24-34)66-36-23-33-12-17-51-46(33)52-28-36)47(58)54-68(62,63)44-25-41(57(60)61)45-48(53-44)65-29-37(67-45)22-32-10-13-49(3,59)14-11-32/h4-9,12,17,23-25,28,31-32,35,37,42,59H,10-11,13-16,18-22,26-27,29-30H2,1-3H3,(H,51,52)(H,54,58)/t32?,37-,42+,49?/m0/s1. The number of H-pyrrole nitrogens is 1.